The minimum absolute atomic E-state index is 0.105. The largest absolute Gasteiger partial charge is 0.378 e. The summed E-state index contributed by atoms with van der Waals surface area (Å²) in [5, 5.41) is 12.1. The second-order valence-corrected chi connectivity index (χ2v) is 14.9. The van der Waals surface area contributed by atoms with Crippen molar-refractivity contribution in [2.45, 2.75) is 0 Å². The Morgan fingerprint density at radius 1 is 0.243 bits per heavy atom. The van der Waals surface area contributed by atoms with E-state index < -0.39 is 0 Å². The number of ether oxygens (including phenoxy) is 16. The van der Waals surface area contributed by atoms with Gasteiger partial charge in [-0.15, -0.1) is 0 Å². The van der Waals surface area contributed by atoms with Gasteiger partial charge in [-0.25, -0.2) is 0 Å². The molecule has 0 atom stereocenters. The number of nitrogens with one attached hydrogen (secondary N) is 4. The molecule has 0 rings (SSSR count). The molecule has 418 valence electrons. The third-order valence-electron chi connectivity index (χ3n) is 9.26. The average Bonchev–Trinajstić information content (AvgIpc) is 3.36. The lowest BCUT2D eigenvalue weighted by atomic mass is 10.4. The number of rotatable bonds is 61. The summed E-state index contributed by atoms with van der Waals surface area (Å²) in [6, 6.07) is 0. The lowest BCUT2D eigenvalue weighted by Gasteiger charge is -2.23. The van der Waals surface area contributed by atoms with Gasteiger partial charge in [0.1, 0.15) is 13.2 Å². The predicted molar refractivity (Wildman–Crippen MR) is 262 cm³/mol. The molecule has 0 aromatic rings. The highest BCUT2D eigenvalue weighted by molar-refractivity contribution is 5.77. The highest BCUT2D eigenvalue weighted by Gasteiger charge is 2.15. The Kier molecular flexibility index (Phi) is 58.1. The molecule has 0 spiro atoms. The number of carbonyl (C=O) groups excluding carboxylic acids is 2. The van der Waals surface area contributed by atoms with Crippen molar-refractivity contribution in [1.82, 2.24) is 31.1 Å². The normalized spacial score (nSPS) is 11.5. The van der Waals surface area contributed by atoms with E-state index in [2.05, 4.69) is 21.3 Å². The zero-order valence-corrected chi connectivity index (χ0v) is 43.5. The van der Waals surface area contributed by atoms with Crippen LogP contribution in [0.25, 0.3) is 0 Å². The molecule has 0 aliphatic carbocycles. The van der Waals surface area contributed by atoms with E-state index in [1.165, 1.54) is 0 Å². The molecule has 0 aliphatic heterocycles. The van der Waals surface area contributed by atoms with Crippen molar-refractivity contribution in [3.8, 4) is 0 Å². The van der Waals surface area contributed by atoms with Crippen LogP contribution in [0.5, 0.6) is 0 Å². The van der Waals surface area contributed by atoms with Crippen LogP contribution >= 0.6 is 0 Å². The van der Waals surface area contributed by atoms with Crippen LogP contribution in [-0.4, -0.2) is 314 Å². The SMILES string of the molecule is CNCCOCCOCCOCCN(CCOCCOCCOCCNC)C(=O)COCCOCCOCCOCC(=O)N(CCOCCOCCOCCNC)CCOCCOCCOCCNC. The molecule has 24 nitrogen and oxygen atoms in total. The smallest absolute Gasteiger partial charge is 0.248 e. The highest BCUT2D eigenvalue weighted by atomic mass is 16.6. The summed E-state index contributed by atoms with van der Waals surface area (Å²) in [5.41, 5.74) is 0. The Balaban J connectivity index is 4.39. The summed E-state index contributed by atoms with van der Waals surface area (Å²) >= 11 is 0. The van der Waals surface area contributed by atoms with Gasteiger partial charge in [-0.3, -0.25) is 9.59 Å². The van der Waals surface area contributed by atoms with Crippen LogP contribution in [0.2, 0.25) is 0 Å². The summed E-state index contributed by atoms with van der Waals surface area (Å²) in [5.74, 6) is -0.358. The number of hydrogen-bond acceptors (Lipinski definition) is 22. The van der Waals surface area contributed by atoms with E-state index in [0.717, 1.165) is 26.2 Å². The summed E-state index contributed by atoms with van der Waals surface area (Å²) in [4.78, 5) is 29.4. The molecule has 70 heavy (non-hydrogen) atoms. The Bertz CT molecular complexity index is 927. The summed E-state index contributed by atoms with van der Waals surface area (Å²) < 4.78 is 89.2. The number of amides is 2. The molecule has 0 aromatic heterocycles. The average molecular weight is 1020 g/mol. The Hall–Kier alpha value is -1.86. The van der Waals surface area contributed by atoms with E-state index in [1.807, 2.05) is 28.2 Å². The number of nitrogens with zero attached hydrogens (tertiary/aromatic N) is 2. The maximum absolute atomic E-state index is 13.0. The molecule has 2 amide bonds. The maximum atomic E-state index is 13.0. The fourth-order valence-corrected chi connectivity index (χ4v) is 5.35. The zero-order chi connectivity index (χ0) is 50.7. The van der Waals surface area contributed by atoms with Gasteiger partial charge in [-0.05, 0) is 28.2 Å². The first-order valence-corrected chi connectivity index (χ1v) is 25.0. The summed E-state index contributed by atoms with van der Waals surface area (Å²) in [6.45, 7) is 17.5. The minimum atomic E-state index is -0.179. The predicted octanol–water partition coefficient (Wildman–Crippen LogP) is -2.21. The first-order valence-electron chi connectivity index (χ1n) is 25.0. The van der Waals surface area contributed by atoms with E-state index in [0.29, 0.717) is 198 Å². The number of hydrogen-bond donors (Lipinski definition) is 4. The van der Waals surface area contributed by atoms with E-state index in [4.69, 9.17) is 75.8 Å². The first-order chi connectivity index (χ1) is 34.6. The van der Waals surface area contributed by atoms with Crippen molar-refractivity contribution >= 4 is 11.8 Å². The van der Waals surface area contributed by atoms with Gasteiger partial charge in [0.15, 0.2) is 0 Å². The second-order valence-electron chi connectivity index (χ2n) is 14.9. The maximum Gasteiger partial charge on any atom is 0.248 e. The van der Waals surface area contributed by atoms with Gasteiger partial charge in [0.25, 0.3) is 0 Å². The van der Waals surface area contributed by atoms with E-state index in [1.54, 1.807) is 9.80 Å². The van der Waals surface area contributed by atoms with E-state index in [-0.39, 0.29) is 51.5 Å². The Morgan fingerprint density at radius 2 is 0.400 bits per heavy atom. The quantitative estimate of drug-likeness (QED) is 0.0473. The minimum Gasteiger partial charge on any atom is -0.378 e. The van der Waals surface area contributed by atoms with Gasteiger partial charge in [0, 0.05) is 52.4 Å². The summed E-state index contributed by atoms with van der Waals surface area (Å²) in [7, 11) is 7.51. The fraction of sp³-hybridized carbons (Fsp3) is 0.957. The van der Waals surface area contributed by atoms with E-state index >= 15 is 0 Å². The highest BCUT2D eigenvalue weighted by Crippen LogP contribution is 1.97. The van der Waals surface area contributed by atoms with Crippen molar-refractivity contribution in [2.75, 3.05) is 292 Å². The van der Waals surface area contributed by atoms with Crippen LogP contribution in [0.1, 0.15) is 0 Å². The standard InChI is InChI=1S/C46H96N6O18/c1-47-5-13-55-21-29-63-33-25-59-17-9-51(10-18-60-26-34-64-30-22-56-14-6-48-2)45(53)43-69-41-39-67-37-38-68-40-42-70-44-46(54)52(11-19-61-27-35-65-31-23-57-15-7-49-3)12-20-62-28-36-66-32-24-58-16-8-50-4/h47-50H,5-44H2,1-4H3. The summed E-state index contributed by atoms with van der Waals surface area (Å²) in [6.07, 6.45) is 0. The van der Waals surface area contributed by atoms with E-state index in [9.17, 15) is 9.59 Å². The molecule has 0 saturated carbocycles. The van der Waals surface area contributed by atoms with Gasteiger partial charge >= 0.3 is 0 Å². The number of likely N-dealkylation sites (N-methyl/N-ethyl adjacent to an activating group) is 4. The van der Waals surface area contributed by atoms with Crippen molar-refractivity contribution < 1.29 is 85.4 Å². The second kappa shape index (κ2) is 59.7. The monoisotopic (exact) mass is 1020 g/mol. The lowest BCUT2D eigenvalue weighted by molar-refractivity contribution is -0.139. The molecule has 4 N–H and O–H groups in total. The molecule has 24 heteroatoms. The van der Waals surface area contributed by atoms with Gasteiger partial charge in [-0.1, -0.05) is 0 Å². The fourth-order valence-electron chi connectivity index (χ4n) is 5.35. The molecule has 0 saturated heterocycles. The van der Waals surface area contributed by atoms with Crippen molar-refractivity contribution in [2.24, 2.45) is 0 Å². The van der Waals surface area contributed by atoms with Crippen LogP contribution in [0.15, 0.2) is 0 Å². The van der Waals surface area contributed by atoms with Crippen LogP contribution in [0, 0.1) is 0 Å². The van der Waals surface area contributed by atoms with Crippen LogP contribution in [-0.2, 0) is 85.4 Å². The first kappa shape index (κ1) is 68.1. The van der Waals surface area contributed by atoms with Gasteiger partial charge < -0.3 is 107 Å². The third-order valence-corrected chi connectivity index (χ3v) is 9.26. The van der Waals surface area contributed by atoms with Crippen LogP contribution in [0.3, 0.4) is 0 Å². The van der Waals surface area contributed by atoms with Crippen molar-refractivity contribution in [1.29, 1.82) is 0 Å². The van der Waals surface area contributed by atoms with Gasteiger partial charge in [0.2, 0.25) is 11.8 Å². The molecular formula is C46H96N6O18. The lowest BCUT2D eigenvalue weighted by Crippen LogP contribution is -2.39. The Morgan fingerprint density at radius 3 is 0.586 bits per heavy atom. The molecule has 0 aliphatic rings. The molecule has 0 unspecified atom stereocenters. The topological polar surface area (TPSA) is 236 Å². The Labute approximate surface area is 419 Å². The van der Waals surface area contributed by atoms with Crippen LogP contribution < -0.4 is 21.3 Å². The molecule has 0 bridgehead atoms. The molecular weight excluding hydrogens is 925 g/mol. The molecule has 0 radical (unpaired) electrons. The molecule has 0 heterocycles. The van der Waals surface area contributed by atoms with Crippen molar-refractivity contribution in [3.63, 3.8) is 0 Å². The molecule has 0 aromatic carbocycles. The van der Waals surface area contributed by atoms with Gasteiger partial charge in [-0.2, -0.15) is 0 Å². The van der Waals surface area contributed by atoms with Crippen molar-refractivity contribution in [3.05, 3.63) is 0 Å². The number of carbonyl (C=O) groups is 2. The third kappa shape index (κ3) is 52.5. The zero-order valence-electron chi connectivity index (χ0n) is 43.5. The van der Waals surface area contributed by atoms with Crippen LogP contribution in [0.4, 0.5) is 0 Å². The molecule has 0 fully saturated rings. The van der Waals surface area contributed by atoms with Gasteiger partial charge in [0.05, 0.1) is 198 Å².